The number of methoxy groups -OCH3 is 2. The molecule has 0 unspecified atom stereocenters. The molecule has 0 aromatic carbocycles. The van der Waals surface area contributed by atoms with E-state index in [9.17, 15) is 9.59 Å². The Morgan fingerprint density at radius 3 is 2.26 bits per heavy atom. The van der Waals surface area contributed by atoms with E-state index in [0.717, 1.165) is 0 Å². The van der Waals surface area contributed by atoms with Crippen molar-refractivity contribution in [3.8, 4) is 0 Å². The molecular formula is C12H24N2O5. The van der Waals surface area contributed by atoms with Gasteiger partial charge in [-0.3, -0.25) is 4.79 Å². The lowest BCUT2D eigenvalue weighted by molar-refractivity contribution is -0.141. The van der Waals surface area contributed by atoms with Gasteiger partial charge in [-0.15, -0.1) is 0 Å². The molecular weight excluding hydrogens is 252 g/mol. The second kappa shape index (κ2) is 7.96. The highest BCUT2D eigenvalue weighted by Gasteiger charge is 2.25. The maximum absolute atomic E-state index is 11.6. The summed E-state index contributed by atoms with van der Waals surface area (Å²) in [7, 11) is 2.76. The Labute approximate surface area is 113 Å². The topological polar surface area (TPSA) is 99.9 Å². The van der Waals surface area contributed by atoms with Gasteiger partial charge in [0, 0.05) is 13.2 Å². The van der Waals surface area contributed by atoms with E-state index in [1.54, 1.807) is 20.8 Å². The largest absolute Gasteiger partial charge is 0.469 e. The fourth-order valence-electron chi connectivity index (χ4n) is 1.33. The standard InChI is InChI=1S/C12H24N2O5/c1-12(2,3)19-11(16)14-9(7-17-4)8(13)6-10(15)18-5/h8-9H,6-7,13H2,1-5H3,(H,14,16)/t8-,9+/m0/s1. The Morgan fingerprint density at radius 2 is 1.84 bits per heavy atom. The number of alkyl carbamates (subject to hydrolysis) is 1. The zero-order chi connectivity index (χ0) is 15.1. The lowest BCUT2D eigenvalue weighted by Crippen LogP contribution is -2.52. The number of carbonyl (C=O) groups is 2. The van der Waals surface area contributed by atoms with E-state index >= 15 is 0 Å². The van der Waals surface area contributed by atoms with Crippen LogP contribution in [0, 0.1) is 0 Å². The number of hydrogen-bond donors (Lipinski definition) is 2. The van der Waals surface area contributed by atoms with Gasteiger partial charge in [-0.1, -0.05) is 0 Å². The first-order chi connectivity index (χ1) is 8.69. The van der Waals surface area contributed by atoms with Crippen LogP contribution in [0.1, 0.15) is 27.2 Å². The highest BCUT2D eigenvalue weighted by atomic mass is 16.6. The highest BCUT2D eigenvalue weighted by Crippen LogP contribution is 2.08. The molecule has 0 spiro atoms. The van der Waals surface area contributed by atoms with Gasteiger partial charge >= 0.3 is 12.1 Å². The van der Waals surface area contributed by atoms with E-state index in [-0.39, 0.29) is 13.0 Å². The number of esters is 1. The Kier molecular flexibility index (Phi) is 7.40. The van der Waals surface area contributed by atoms with Crippen molar-refractivity contribution in [3.63, 3.8) is 0 Å². The van der Waals surface area contributed by atoms with Gasteiger partial charge in [-0.05, 0) is 20.8 Å². The van der Waals surface area contributed by atoms with Crippen LogP contribution in [0.2, 0.25) is 0 Å². The van der Waals surface area contributed by atoms with Crippen LogP contribution in [-0.4, -0.2) is 50.6 Å². The second-order valence-corrected chi connectivity index (χ2v) is 5.15. The fraction of sp³-hybridized carbons (Fsp3) is 0.833. The fourth-order valence-corrected chi connectivity index (χ4v) is 1.33. The number of nitrogens with two attached hydrogens (primary N) is 1. The van der Waals surface area contributed by atoms with Crippen molar-refractivity contribution in [2.24, 2.45) is 5.73 Å². The maximum Gasteiger partial charge on any atom is 0.408 e. The van der Waals surface area contributed by atoms with Crippen molar-refractivity contribution in [2.75, 3.05) is 20.8 Å². The van der Waals surface area contributed by atoms with Crippen molar-refractivity contribution >= 4 is 12.1 Å². The molecule has 0 aromatic heterocycles. The highest BCUT2D eigenvalue weighted by molar-refractivity contribution is 5.71. The molecule has 7 heteroatoms. The summed E-state index contributed by atoms with van der Waals surface area (Å²) in [6.07, 6.45) is -0.616. The zero-order valence-electron chi connectivity index (χ0n) is 12.2. The Hall–Kier alpha value is -1.34. The first-order valence-corrected chi connectivity index (χ1v) is 6.00. The molecule has 0 aliphatic carbocycles. The molecule has 1 amide bonds. The number of amides is 1. The van der Waals surface area contributed by atoms with Crippen molar-refractivity contribution in [3.05, 3.63) is 0 Å². The molecule has 19 heavy (non-hydrogen) atoms. The number of nitrogens with one attached hydrogen (secondary N) is 1. The summed E-state index contributed by atoms with van der Waals surface area (Å²) in [5.41, 5.74) is 5.24. The third-order valence-electron chi connectivity index (χ3n) is 2.20. The Balaban J connectivity index is 4.47. The molecule has 0 heterocycles. The van der Waals surface area contributed by atoms with Crippen molar-refractivity contribution in [1.82, 2.24) is 5.32 Å². The SMILES string of the molecule is COC[C@@H](NC(=O)OC(C)(C)C)[C@@H](N)CC(=O)OC. The van der Waals surface area contributed by atoms with Gasteiger partial charge in [0.1, 0.15) is 5.60 Å². The van der Waals surface area contributed by atoms with Crippen LogP contribution in [0.3, 0.4) is 0 Å². The molecule has 0 aliphatic heterocycles. The van der Waals surface area contributed by atoms with Crippen molar-refractivity contribution in [2.45, 2.75) is 44.9 Å². The van der Waals surface area contributed by atoms with Crippen LogP contribution < -0.4 is 11.1 Å². The molecule has 3 N–H and O–H groups in total. The number of hydrogen-bond acceptors (Lipinski definition) is 6. The average Bonchev–Trinajstić information content (AvgIpc) is 2.25. The van der Waals surface area contributed by atoms with E-state index in [0.29, 0.717) is 0 Å². The van der Waals surface area contributed by atoms with E-state index in [2.05, 4.69) is 10.1 Å². The summed E-state index contributed by atoms with van der Waals surface area (Å²) >= 11 is 0. The lowest BCUT2D eigenvalue weighted by atomic mass is 10.1. The quantitative estimate of drug-likeness (QED) is 0.682. The van der Waals surface area contributed by atoms with Crippen LogP contribution in [0.5, 0.6) is 0 Å². The van der Waals surface area contributed by atoms with E-state index < -0.39 is 29.7 Å². The summed E-state index contributed by atoms with van der Waals surface area (Å²) in [6.45, 7) is 5.45. The minimum Gasteiger partial charge on any atom is -0.469 e. The van der Waals surface area contributed by atoms with Crippen LogP contribution >= 0.6 is 0 Å². The zero-order valence-corrected chi connectivity index (χ0v) is 12.2. The first-order valence-electron chi connectivity index (χ1n) is 6.00. The van der Waals surface area contributed by atoms with Crippen LogP contribution in [0.25, 0.3) is 0 Å². The monoisotopic (exact) mass is 276 g/mol. The van der Waals surface area contributed by atoms with E-state index in [1.165, 1.54) is 14.2 Å². The summed E-state index contributed by atoms with van der Waals surface area (Å²) in [5.74, 6) is -0.445. The van der Waals surface area contributed by atoms with Gasteiger partial charge in [0.2, 0.25) is 0 Å². The van der Waals surface area contributed by atoms with E-state index in [1.807, 2.05) is 0 Å². The normalized spacial score (nSPS) is 14.4. The number of carbonyl (C=O) groups excluding carboxylic acids is 2. The molecule has 0 saturated carbocycles. The summed E-state index contributed by atoms with van der Waals surface area (Å²) in [5, 5.41) is 2.58. The van der Waals surface area contributed by atoms with E-state index in [4.69, 9.17) is 15.2 Å². The molecule has 0 fully saturated rings. The second-order valence-electron chi connectivity index (χ2n) is 5.15. The van der Waals surface area contributed by atoms with Gasteiger partial charge in [-0.25, -0.2) is 4.79 Å². The minimum atomic E-state index is -0.611. The van der Waals surface area contributed by atoms with Crippen molar-refractivity contribution < 1.29 is 23.8 Å². The number of rotatable bonds is 6. The Bertz CT molecular complexity index is 301. The molecule has 2 atom stereocenters. The van der Waals surface area contributed by atoms with Gasteiger partial charge in [-0.2, -0.15) is 0 Å². The predicted molar refractivity (Wildman–Crippen MR) is 69.6 cm³/mol. The predicted octanol–water partition coefficient (Wildman–Crippen LogP) is 0.417. The summed E-state index contributed by atoms with van der Waals surface area (Å²) < 4.78 is 14.6. The molecule has 7 nitrogen and oxygen atoms in total. The van der Waals surface area contributed by atoms with Gasteiger partial charge in [0.15, 0.2) is 0 Å². The Morgan fingerprint density at radius 1 is 1.26 bits per heavy atom. The maximum atomic E-state index is 11.6. The van der Waals surface area contributed by atoms with Crippen LogP contribution in [-0.2, 0) is 19.0 Å². The van der Waals surface area contributed by atoms with Gasteiger partial charge in [0.25, 0.3) is 0 Å². The molecule has 0 aromatic rings. The smallest absolute Gasteiger partial charge is 0.408 e. The van der Waals surface area contributed by atoms with Crippen LogP contribution in [0.15, 0.2) is 0 Å². The molecule has 0 saturated heterocycles. The molecule has 112 valence electrons. The molecule has 0 rings (SSSR count). The molecule has 0 aliphatic rings. The lowest BCUT2D eigenvalue weighted by Gasteiger charge is -2.26. The van der Waals surface area contributed by atoms with Crippen molar-refractivity contribution in [1.29, 1.82) is 0 Å². The third-order valence-corrected chi connectivity index (χ3v) is 2.20. The van der Waals surface area contributed by atoms with Gasteiger partial charge < -0.3 is 25.3 Å². The average molecular weight is 276 g/mol. The summed E-state index contributed by atoms with van der Waals surface area (Å²) in [4.78, 5) is 22.8. The number of ether oxygens (including phenoxy) is 3. The van der Waals surface area contributed by atoms with Crippen LogP contribution in [0.4, 0.5) is 4.79 Å². The minimum absolute atomic E-state index is 0.0136. The molecule has 0 bridgehead atoms. The first kappa shape index (κ1) is 17.7. The van der Waals surface area contributed by atoms with Gasteiger partial charge in [0.05, 0.1) is 26.2 Å². The summed E-state index contributed by atoms with van der Waals surface area (Å²) in [6, 6.07) is -1.14. The molecule has 0 radical (unpaired) electrons. The third kappa shape index (κ3) is 8.39.